The molecule has 0 spiro atoms. The average Bonchev–Trinajstić information content (AvgIpc) is 2.34. The summed E-state index contributed by atoms with van der Waals surface area (Å²) in [5.41, 5.74) is 5.74. The molecule has 19 heavy (non-hydrogen) atoms. The van der Waals surface area contributed by atoms with Crippen molar-refractivity contribution in [3.63, 3.8) is 0 Å². The van der Waals surface area contributed by atoms with Crippen molar-refractivity contribution >= 4 is 27.3 Å². The monoisotopic (exact) mass is 308 g/mol. The summed E-state index contributed by atoms with van der Waals surface area (Å²) in [6, 6.07) is 4.21. The standard InChI is InChI=1S/C11H17ClN2O4S/c1-17-7-9(18-2)6-14-19(15,16)11-4-3-8(12)5-10(11)13/h3-5,9,14H,6-7,13H2,1-2H3. The van der Waals surface area contributed by atoms with E-state index in [2.05, 4.69) is 4.72 Å². The summed E-state index contributed by atoms with van der Waals surface area (Å²) in [6.07, 6.45) is -0.367. The van der Waals surface area contributed by atoms with E-state index in [1.807, 2.05) is 0 Å². The lowest BCUT2D eigenvalue weighted by molar-refractivity contribution is 0.0320. The number of hydrogen-bond donors (Lipinski definition) is 2. The van der Waals surface area contributed by atoms with Crippen LogP contribution in [0.3, 0.4) is 0 Å². The molecular weight excluding hydrogens is 292 g/mol. The van der Waals surface area contributed by atoms with Crippen molar-refractivity contribution in [1.29, 1.82) is 0 Å². The number of nitrogens with one attached hydrogen (secondary N) is 1. The lowest BCUT2D eigenvalue weighted by atomic mass is 10.3. The molecule has 3 N–H and O–H groups in total. The van der Waals surface area contributed by atoms with E-state index in [1.54, 1.807) is 0 Å². The highest BCUT2D eigenvalue weighted by Crippen LogP contribution is 2.22. The van der Waals surface area contributed by atoms with E-state index in [0.29, 0.717) is 5.02 Å². The maximum atomic E-state index is 12.1. The number of halogens is 1. The van der Waals surface area contributed by atoms with Crippen molar-refractivity contribution in [2.75, 3.05) is 33.1 Å². The van der Waals surface area contributed by atoms with Gasteiger partial charge in [0, 0.05) is 25.8 Å². The number of nitrogens with two attached hydrogens (primary N) is 1. The van der Waals surface area contributed by atoms with Crippen LogP contribution in [0, 0.1) is 0 Å². The van der Waals surface area contributed by atoms with Crippen molar-refractivity contribution in [1.82, 2.24) is 4.72 Å². The molecule has 1 atom stereocenters. The first kappa shape index (κ1) is 16.2. The minimum atomic E-state index is -3.70. The molecule has 0 bridgehead atoms. The Bertz CT molecular complexity index is 521. The Balaban J connectivity index is 2.81. The van der Waals surface area contributed by atoms with Crippen LogP contribution in [0.4, 0.5) is 5.69 Å². The smallest absolute Gasteiger partial charge is 0.242 e. The van der Waals surface area contributed by atoms with Gasteiger partial charge in [-0.15, -0.1) is 0 Å². The molecule has 0 heterocycles. The van der Waals surface area contributed by atoms with E-state index in [4.69, 9.17) is 26.8 Å². The molecule has 0 amide bonds. The highest BCUT2D eigenvalue weighted by molar-refractivity contribution is 7.89. The molecule has 1 rings (SSSR count). The van der Waals surface area contributed by atoms with Gasteiger partial charge in [0.1, 0.15) is 4.90 Å². The van der Waals surface area contributed by atoms with Gasteiger partial charge in [-0.05, 0) is 18.2 Å². The third kappa shape index (κ3) is 4.63. The van der Waals surface area contributed by atoms with Gasteiger partial charge in [-0.25, -0.2) is 13.1 Å². The first-order valence-electron chi connectivity index (χ1n) is 5.47. The molecule has 0 aliphatic carbocycles. The van der Waals surface area contributed by atoms with E-state index in [1.165, 1.54) is 32.4 Å². The highest BCUT2D eigenvalue weighted by Gasteiger charge is 2.19. The Morgan fingerprint density at radius 1 is 1.42 bits per heavy atom. The van der Waals surface area contributed by atoms with Crippen molar-refractivity contribution < 1.29 is 17.9 Å². The Labute approximate surface area is 117 Å². The summed E-state index contributed by atoms with van der Waals surface area (Å²) >= 11 is 5.73. The maximum Gasteiger partial charge on any atom is 0.242 e. The number of nitrogen functional groups attached to an aromatic ring is 1. The van der Waals surface area contributed by atoms with Crippen LogP contribution in [-0.2, 0) is 19.5 Å². The number of benzene rings is 1. The summed E-state index contributed by atoms with van der Waals surface area (Å²) in [5.74, 6) is 0. The Morgan fingerprint density at radius 2 is 2.11 bits per heavy atom. The molecular formula is C11H17ClN2O4S. The second kappa shape index (κ2) is 7.06. The van der Waals surface area contributed by atoms with Crippen LogP contribution >= 0.6 is 11.6 Å². The largest absolute Gasteiger partial charge is 0.398 e. The lowest BCUT2D eigenvalue weighted by Crippen LogP contribution is -2.35. The van der Waals surface area contributed by atoms with Crippen LogP contribution in [0.25, 0.3) is 0 Å². The van der Waals surface area contributed by atoms with Gasteiger partial charge in [0.15, 0.2) is 0 Å². The predicted octanol–water partition coefficient (Wildman–Crippen LogP) is 0.862. The molecule has 0 aromatic heterocycles. The zero-order valence-electron chi connectivity index (χ0n) is 10.7. The first-order valence-corrected chi connectivity index (χ1v) is 7.33. The highest BCUT2D eigenvalue weighted by atomic mass is 35.5. The molecule has 8 heteroatoms. The third-order valence-electron chi connectivity index (χ3n) is 2.45. The predicted molar refractivity (Wildman–Crippen MR) is 73.7 cm³/mol. The van der Waals surface area contributed by atoms with E-state index in [0.717, 1.165) is 0 Å². The van der Waals surface area contributed by atoms with Crippen LogP contribution in [-0.4, -0.2) is 41.9 Å². The van der Waals surface area contributed by atoms with Crippen molar-refractivity contribution in [2.45, 2.75) is 11.0 Å². The molecule has 0 fully saturated rings. The number of sulfonamides is 1. The van der Waals surface area contributed by atoms with Gasteiger partial charge in [0.2, 0.25) is 10.0 Å². The Morgan fingerprint density at radius 3 is 2.63 bits per heavy atom. The van der Waals surface area contributed by atoms with Gasteiger partial charge in [0.25, 0.3) is 0 Å². The third-order valence-corrected chi connectivity index (χ3v) is 4.18. The SMILES string of the molecule is COCC(CNS(=O)(=O)c1ccc(Cl)cc1N)OC. The second-order valence-electron chi connectivity index (χ2n) is 3.85. The maximum absolute atomic E-state index is 12.1. The summed E-state index contributed by atoms with van der Waals surface area (Å²) in [5, 5.41) is 0.380. The number of ether oxygens (including phenoxy) is 2. The van der Waals surface area contributed by atoms with Crippen LogP contribution < -0.4 is 10.5 Å². The van der Waals surface area contributed by atoms with Crippen LogP contribution in [0.1, 0.15) is 0 Å². The van der Waals surface area contributed by atoms with Gasteiger partial charge in [-0.3, -0.25) is 0 Å². The van der Waals surface area contributed by atoms with Crippen molar-refractivity contribution in [3.8, 4) is 0 Å². The molecule has 1 aromatic rings. The zero-order chi connectivity index (χ0) is 14.5. The minimum Gasteiger partial charge on any atom is -0.398 e. The van der Waals surface area contributed by atoms with Gasteiger partial charge < -0.3 is 15.2 Å². The van der Waals surface area contributed by atoms with Gasteiger partial charge in [-0.1, -0.05) is 11.6 Å². The topological polar surface area (TPSA) is 90.7 Å². The van der Waals surface area contributed by atoms with E-state index >= 15 is 0 Å². The first-order chi connectivity index (χ1) is 8.90. The molecule has 0 aliphatic rings. The number of hydrogen-bond acceptors (Lipinski definition) is 5. The fourth-order valence-corrected chi connectivity index (χ4v) is 2.80. The molecule has 1 aromatic carbocycles. The molecule has 0 radical (unpaired) electrons. The van der Waals surface area contributed by atoms with Gasteiger partial charge in [-0.2, -0.15) is 0 Å². The summed E-state index contributed by atoms with van der Waals surface area (Å²) in [6.45, 7) is 0.379. The Hall–Kier alpha value is -0.860. The second-order valence-corrected chi connectivity index (χ2v) is 6.02. The van der Waals surface area contributed by atoms with Crippen LogP contribution in [0.2, 0.25) is 5.02 Å². The van der Waals surface area contributed by atoms with Gasteiger partial charge >= 0.3 is 0 Å². The van der Waals surface area contributed by atoms with Crippen LogP contribution in [0.15, 0.2) is 23.1 Å². The fourth-order valence-electron chi connectivity index (χ4n) is 1.44. The molecule has 1 unspecified atom stereocenters. The quantitative estimate of drug-likeness (QED) is 0.729. The van der Waals surface area contributed by atoms with E-state index in [-0.39, 0.29) is 29.8 Å². The minimum absolute atomic E-state index is 0.0100. The number of methoxy groups -OCH3 is 2. The van der Waals surface area contributed by atoms with E-state index in [9.17, 15) is 8.42 Å². The summed E-state index contributed by atoms with van der Waals surface area (Å²) < 4.78 is 36.5. The molecule has 6 nitrogen and oxygen atoms in total. The van der Waals surface area contributed by atoms with Gasteiger partial charge in [0.05, 0.1) is 18.4 Å². The molecule has 108 valence electrons. The normalized spacial score (nSPS) is 13.4. The molecule has 0 saturated heterocycles. The fraction of sp³-hybridized carbons (Fsp3) is 0.455. The summed E-state index contributed by atoms with van der Waals surface area (Å²) in [7, 11) is -0.708. The van der Waals surface area contributed by atoms with E-state index < -0.39 is 10.0 Å². The van der Waals surface area contributed by atoms with Crippen molar-refractivity contribution in [3.05, 3.63) is 23.2 Å². The number of rotatable bonds is 7. The lowest BCUT2D eigenvalue weighted by Gasteiger charge is -2.15. The Kier molecular flexibility index (Phi) is 6.02. The summed E-state index contributed by atoms with van der Waals surface area (Å²) in [4.78, 5) is -0.0100. The average molecular weight is 309 g/mol. The number of anilines is 1. The zero-order valence-corrected chi connectivity index (χ0v) is 12.3. The van der Waals surface area contributed by atoms with Crippen molar-refractivity contribution in [2.24, 2.45) is 0 Å². The molecule has 0 aliphatic heterocycles. The molecule has 0 saturated carbocycles. The van der Waals surface area contributed by atoms with Crippen LogP contribution in [0.5, 0.6) is 0 Å².